The topological polar surface area (TPSA) is 27.7 Å². The van der Waals surface area contributed by atoms with E-state index in [9.17, 15) is 0 Å². The normalized spacial score (nSPS) is 16.1. The second-order valence-electron chi connectivity index (χ2n) is 8.67. The van der Waals surface area contributed by atoms with Gasteiger partial charge in [0.15, 0.2) is 0 Å². The van der Waals surface area contributed by atoms with Crippen molar-refractivity contribution >= 4 is 21.4 Å². The van der Waals surface area contributed by atoms with Crippen LogP contribution in [-0.4, -0.2) is 21.4 Å². The average Bonchev–Trinajstić information content (AvgIpc) is 2.46. The van der Waals surface area contributed by atoms with Gasteiger partial charge < -0.3 is 13.7 Å². The van der Waals surface area contributed by atoms with Crippen molar-refractivity contribution in [2.45, 2.75) is 99.0 Å². The minimum Gasteiger partial charge on any atom is -0.453 e. The predicted molar refractivity (Wildman–Crippen MR) is 107 cm³/mol. The maximum Gasteiger partial charge on any atom is 0.429 e. The van der Waals surface area contributed by atoms with Gasteiger partial charge >= 0.3 is 21.4 Å². The molecular formula is C18H39B3O3. The number of hydrogen-bond acceptors (Lipinski definition) is 3. The van der Waals surface area contributed by atoms with Crippen molar-refractivity contribution in [1.29, 1.82) is 0 Å². The van der Waals surface area contributed by atoms with E-state index >= 15 is 0 Å². The van der Waals surface area contributed by atoms with E-state index in [4.69, 9.17) is 13.7 Å². The lowest BCUT2D eigenvalue weighted by molar-refractivity contribution is 0.274. The maximum absolute atomic E-state index is 6.06. The van der Waals surface area contributed by atoms with Crippen molar-refractivity contribution < 1.29 is 13.7 Å². The first-order valence-corrected chi connectivity index (χ1v) is 10.3. The zero-order chi connectivity index (χ0) is 17.9. The summed E-state index contributed by atoms with van der Waals surface area (Å²) in [5.41, 5.74) is 0. The van der Waals surface area contributed by atoms with E-state index in [0.717, 1.165) is 36.7 Å². The van der Waals surface area contributed by atoms with Gasteiger partial charge in [-0.2, -0.15) is 0 Å². The lowest BCUT2D eigenvalue weighted by Gasteiger charge is -2.31. The highest BCUT2D eigenvalue weighted by Gasteiger charge is 2.39. The molecule has 0 aliphatic carbocycles. The van der Waals surface area contributed by atoms with Gasteiger partial charge in [-0.15, -0.1) is 0 Å². The third kappa shape index (κ3) is 10.8. The zero-order valence-corrected chi connectivity index (χ0v) is 17.1. The minimum absolute atomic E-state index is 0.0781. The molecule has 0 aromatic carbocycles. The third-order valence-corrected chi connectivity index (χ3v) is 4.57. The average molecular weight is 336 g/mol. The van der Waals surface area contributed by atoms with Gasteiger partial charge in [-0.1, -0.05) is 80.1 Å². The molecule has 0 N–H and O–H groups in total. The van der Waals surface area contributed by atoms with Crippen LogP contribution >= 0.6 is 0 Å². The summed E-state index contributed by atoms with van der Waals surface area (Å²) in [6, 6.07) is 0. The summed E-state index contributed by atoms with van der Waals surface area (Å²) >= 11 is 0. The Morgan fingerprint density at radius 1 is 0.500 bits per heavy atom. The number of rotatable bonds is 12. The molecular weight excluding hydrogens is 297 g/mol. The Morgan fingerprint density at radius 3 is 0.958 bits per heavy atom. The Labute approximate surface area is 152 Å². The van der Waals surface area contributed by atoms with E-state index < -0.39 is 0 Å². The zero-order valence-electron chi connectivity index (χ0n) is 17.1. The molecule has 0 spiro atoms. The fourth-order valence-corrected chi connectivity index (χ4v) is 3.09. The van der Waals surface area contributed by atoms with Gasteiger partial charge in [0.2, 0.25) is 0 Å². The molecule has 1 rings (SSSR count). The Morgan fingerprint density at radius 2 is 0.750 bits per heavy atom. The van der Waals surface area contributed by atoms with Crippen LogP contribution in [0.2, 0.25) is 19.0 Å². The molecule has 3 nitrogen and oxygen atoms in total. The summed E-state index contributed by atoms with van der Waals surface area (Å²) in [6.45, 7) is 13.6. The minimum atomic E-state index is -0.0781. The summed E-state index contributed by atoms with van der Waals surface area (Å²) in [5.74, 6) is 2.23. The quantitative estimate of drug-likeness (QED) is 0.420. The van der Waals surface area contributed by atoms with E-state index in [2.05, 4.69) is 41.5 Å². The van der Waals surface area contributed by atoms with Crippen LogP contribution in [-0.2, 0) is 13.7 Å². The lowest BCUT2D eigenvalue weighted by atomic mass is 9.64. The molecule has 6 heteroatoms. The molecule has 0 radical (unpaired) electrons. The molecule has 1 saturated heterocycles. The first kappa shape index (κ1) is 22.1. The molecule has 0 bridgehead atoms. The fourth-order valence-electron chi connectivity index (χ4n) is 3.09. The van der Waals surface area contributed by atoms with Gasteiger partial charge in [-0.25, -0.2) is 0 Å². The highest BCUT2D eigenvalue weighted by atomic mass is 16.7. The lowest BCUT2D eigenvalue weighted by Crippen LogP contribution is -2.48. The van der Waals surface area contributed by atoms with Gasteiger partial charge in [0.05, 0.1) is 0 Å². The second-order valence-corrected chi connectivity index (χ2v) is 8.67. The van der Waals surface area contributed by atoms with Crippen LogP contribution in [0.5, 0.6) is 0 Å². The SMILES string of the molecule is CC(C)CCCB1OB(CCCC(C)C)OB(CCCC(C)C)O1. The van der Waals surface area contributed by atoms with Gasteiger partial charge in [0.1, 0.15) is 0 Å². The van der Waals surface area contributed by atoms with Crippen molar-refractivity contribution in [3.8, 4) is 0 Å². The monoisotopic (exact) mass is 336 g/mol. The van der Waals surface area contributed by atoms with Crippen LogP contribution in [0.3, 0.4) is 0 Å². The van der Waals surface area contributed by atoms with Crippen molar-refractivity contribution in [3.63, 3.8) is 0 Å². The highest BCUT2D eigenvalue weighted by Crippen LogP contribution is 2.22. The van der Waals surface area contributed by atoms with E-state index in [0.29, 0.717) is 0 Å². The smallest absolute Gasteiger partial charge is 0.429 e. The van der Waals surface area contributed by atoms with E-state index in [1.54, 1.807) is 0 Å². The van der Waals surface area contributed by atoms with Crippen LogP contribution < -0.4 is 0 Å². The van der Waals surface area contributed by atoms with Gasteiger partial charge in [-0.3, -0.25) is 0 Å². The summed E-state index contributed by atoms with van der Waals surface area (Å²) in [7, 11) is -0.234. The van der Waals surface area contributed by atoms with Crippen LogP contribution in [0.25, 0.3) is 0 Å². The second kappa shape index (κ2) is 12.4. The van der Waals surface area contributed by atoms with Crippen LogP contribution in [0.15, 0.2) is 0 Å². The molecule has 1 heterocycles. The fraction of sp³-hybridized carbons (Fsp3) is 1.00. The summed E-state index contributed by atoms with van der Waals surface area (Å²) in [6.07, 6.45) is 10.2. The van der Waals surface area contributed by atoms with Crippen molar-refractivity contribution in [2.75, 3.05) is 0 Å². The Kier molecular flexibility index (Phi) is 11.5. The molecule has 0 atom stereocenters. The van der Waals surface area contributed by atoms with Gasteiger partial charge in [0, 0.05) is 0 Å². The molecule has 0 saturated carbocycles. The molecule has 138 valence electrons. The van der Waals surface area contributed by atoms with E-state index in [1.165, 1.54) is 38.5 Å². The van der Waals surface area contributed by atoms with E-state index in [-0.39, 0.29) is 21.4 Å². The Bertz CT molecular complexity index is 260. The molecule has 0 unspecified atom stereocenters. The third-order valence-electron chi connectivity index (χ3n) is 4.57. The van der Waals surface area contributed by atoms with Crippen LogP contribution in [0.1, 0.15) is 80.1 Å². The standard InChI is InChI=1S/C18H39B3O3/c1-16(2)10-7-13-19-22-20(14-8-11-17(3)4)24-21(23-19)15-9-12-18(5)6/h16-18H,7-15H2,1-6H3. The van der Waals surface area contributed by atoms with Crippen molar-refractivity contribution in [3.05, 3.63) is 0 Å². The Balaban J connectivity index is 2.41. The highest BCUT2D eigenvalue weighted by molar-refractivity contribution is 6.73. The van der Waals surface area contributed by atoms with Crippen molar-refractivity contribution in [1.82, 2.24) is 0 Å². The van der Waals surface area contributed by atoms with Crippen LogP contribution in [0, 0.1) is 17.8 Å². The molecule has 0 amide bonds. The molecule has 1 aliphatic rings. The molecule has 0 aromatic rings. The molecule has 1 aliphatic heterocycles. The Hall–Kier alpha value is 0.0748. The van der Waals surface area contributed by atoms with Gasteiger partial charge in [-0.05, 0) is 36.7 Å². The van der Waals surface area contributed by atoms with Crippen LogP contribution in [0.4, 0.5) is 0 Å². The molecule has 24 heavy (non-hydrogen) atoms. The largest absolute Gasteiger partial charge is 0.453 e. The molecule has 1 fully saturated rings. The maximum atomic E-state index is 6.06. The summed E-state index contributed by atoms with van der Waals surface area (Å²) in [4.78, 5) is 0. The predicted octanol–water partition coefficient (Wildman–Crippen LogP) is 5.82. The summed E-state index contributed by atoms with van der Waals surface area (Å²) in [5, 5.41) is 0. The summed E-state index contributed by atoms with van der Waals surface area (Å²) < 4.78 is 18.2. The van der Waals surface area contributed by atoms with E-state index in [1.807, 2.05) is 0 Å². The first-order valence-electron chi connectivity index (χ1n) is 10.3. The van der Waals surface area contributed by atoms with Gasteiger partial charge in [0.25, 0.3) is 0 Å². The number of hydrogen-bond donors (Lipinski definition) is 0. The molecule has 0 aromatic heterocycles. The first-order chi connectivity index (χ1) is 11.4. The van der Waals surface area contributed by atoms with Crippen molar-refractivity contribution in [2.24, 2.45) is 17.8 Å².